The van der Waals surface area contributed by atoms with E-state index >= 15 is 0 Å². The first kappa shape index (κ1) is 17.8. The van der Waals surface area contributed by atoms with Gasteiger partial charge >= 0.3 is 0 Å². The number of nitrogens with one attached hydrogen (secondary N) is 1. The van der Waals surface area contributed by atoms with Crippen molar-refractivity contribution in [2.75, 3.05) is 20.3 Å². The van der Waals surface area contributed by atoms with Gasteiger partial charge in [-0.3, -0.25) is 0 Å². The van der Waals surface area contributed by atoms with E-state index in [1.54, 1.807) is 7.11 Å². The minimum atomic E-state index is -0.524. The second kappa shape index (κ2) is 8.91. The van der Waals surface area contributed by atoms with E-state index in [4.69, 9.17) is 9.47 Å². The summed E-state index contributed by atoms with van der Waals surface area (Å²) in [4.78, 5) is 0. The Morgan fingerprint density at radius 1 is 1.22 bits per heavy atom. The van der Waals surface area contributed by atoms with Crippen molar-refractivity contribution >= 4 is 15.9 Å². The lowest BCUT2D eigenvalue weighted by Crippen LogP contribution is -2.21. The third kappa shape index (κ3) is 4.96. The van der Waals surface area contributed by atoms with Gasteiger partial charge in [0.25, 0.3) is 0 Å². The fourth-order valence-corrected chi connectivity index (χ4v) is 2.91. The summed E-state index contributed by atoms with van der Waals surface area (Å²) in [5.74, 6) is 1.41. The number of aliphatic hydroxyl groups is 1. The number of halogens is 1. The van der Waals surface area contributed by atoms with Crippen molar-refractivity contribution in [1.82, 2.24) is 5.32 Å². The normalized spacial score (nSPS) is 12.0. The number of methoxy groups -OCH3 is 1. The first-order chi connectivity index (χ1) is 11.2. The van der Waals surface area contributed by atoms with E-state index in [1.165, 1.54) is 0 Å². The van der Waals surface area contributed by atoms with Crippen molar-refractivity contribution in [2.24, 2.45) is 0 Å². The van der Waals surface area contributed by atoms with Crippen molar-refractivity contribution in [3.63, 3.8) is 0 Å². The summed E-state index contributed by atoms with van der Waals surface area (Å²) < 4.78 is 11.8. The molecule has 0 aromatic heterocycles. The van der Waals surface area contributed by atoms with Gasteiger partial charge in [0, 0.05) is 13.1 Å². The Hall–Kier alpha value is -1.56. The molecule has 0 spiro atoms. The van der Waals surface area contributed by atoms with E-state index in [9.17, 15) is 5.11 Å². The quantitative estimate of drug-likeness (QED) is 0.734. The molecule has 1 atom stereocenters. The van der Waals surface area contributed by atoms with Gasteiger partial charge in [0.2, 0.25) is 0 Å². The van der Waals surface area contributed by atoms with Crippen LogP contribution in [0.5, 0.6) is 11.5 Å². The number of hydrogen-bond acceptors (Lipinski definition) is 4. The van der Waals surface area contributed by atoms with Gasteiger partial charge in [0.15, 0.2) is 11.5 Å². The molecule has 0 radical (unpaired) electrons. The van der Waals surface area contributed by atoms with Gasteiger partial charge in [0.05, 0.1) is 24.3 Å². The summed E-state index contributed by atoms with van der Waals surface area (Å²) in [6.07, 6.45) is -0.524. The van der Waals surface area contributed by atoms with Gasteiger partial charge in [-0.25, -0.2) is 0 Å². The summed E-state index contributed by atoms with van der Waals surface area (Å²) in [6, 6.07) is 13.6. The molecule has 0 amide bonds. The summed E-state index contributed by atoms with van der Waals surface area (Å²) in [7, 11) is 1.63. The first-order valence-corrected chi connectivity index (χ1v) is 8.38. The Morgan fingerprint density at radius 2 is 1.96 bits per heavy atom. The Balaban J connectivity index is 1.97. The van der Waals surface area contributed by atoms with Crippen molar-refractivity contribution in [2.45, 2.75) is 19.6 Å². The lowest BCUT2D eigenvalue weighted by Gasteiger charge is -2.15. The third-order valence-electron chi connectivity index (χ3n) is 3.43. The average Bonchev–Trinajstić information content (AvgIpc) is 2.57. The van der Waals surface area contributed by atoms with Crippen LogP contribution in [0.15, 0.2) is 46.9 Å². The van der Waals surface area contributed by atoms with Crippen LogP contribution in [-0.2, 0) is 6.54 Å². The Labute approximate surface area is 145 Å². The molecule has 0 saturated heterocycles. The molecular weight excluding hydrogens is 358 g/mol. The number of benzene rings is 2. The van der Waals surface area contributed by atoms with Gasteiger partial charge in [-0.2, -0.15) is 0 Å². The maximum absolute atomic E-state index is 10.2. The minimum absolute atomic E-state index is 0.483. The minimum Gasteiger partial charge on any atom is -0.493 e. The number of rotatable bonds is 8. The summed E-state index contributed by atoms with van der Waals surface area (Å²) >= 11 is 3.52. The zero-order valence-corrected chi connectivity index (χ0v) is 15.0. The fourth-order valence-electron chi connectivity index (χ4n) is 2.31. The maximum Gasteiger partial charge on any atom is 0.175 e. The van der Waals surface area contributed by atoms with Crippen LogP contribution in [0.25, 0.3) is 0 Å². The van der Waals surface area contributed by atoms with E-state index in [2.05, 4.69) is 21.2 Å². The molecule has 23 heavy (non-hydrogen) atoms. The predicted molar refractivity (Wildman–Crippen MR) is 95.0 cm³/mol. The second-order valence-corrected chi connectivity index (χ2v) is 5.95. The number of aliphatic hydroxyl groups excluding tert-OH is 1. The van der Waals surface area contributed by atoms with Gasteiger partial charge in [-0.15, -0.1) is 0 Å². The third-order valence-corrected chi connectivity index (χ3v) is 4.02. The van der Waals surface area contributed by atoms with Crippen molar-refractivity contribution < 1.29 is 14.6 Å². The smallest absolute Gasteiger partial charge is 0.175 e. The predicted octanol–water partition coefficient (Wildman–Crippen LogP) is 3.68. The molecule has 5 heteroatoms. The average molecular weight is 380 g/mol. The molecule has 2 N–H and O–H groups in total. The molecule has 0 fully saturated rings. The van der Waals surface area contributed by atoms with E-state index in [0.29, 0.717) is 31.2 Å². The molecule has 0 saturated carbocycles. The molecule has 0 bridgehead atoms. The van der Waals surface area contributed by atoms with Crippen LogP contribution in [-0.4, -0.2) is 25.4 Å². The van der Waals surface area contributed by atoms with Gasteiger partial charge in [-0.1, -0.05) is 30.3 Å². The van der Waals surface area contributed by atoms with Gasteiger partial charge < -0.3 is 19.9 Å². The Morgan fingerprint density at radius 3 is 2.61 bits per heavy atom. The van der Waals surface area contributed by atoms with E-state index < -0.39 is 6.10 Å². The lowest BCUT2D eigenvalue weighted by atomic mass is 10.1. The summed E-state index contributed by atoms with van der Waals surface area (Å²) in [6.45, 7) is 3.63. The van der Waals surface area contributed by atoms with Crippen molar-refractivity contribution in [3.8, 4) is 11.5 Å². The highest BCUT2D eigenvalue weighted by atomic mass is 79.9. The zero-order chi connectivity index (χ0) is 16.7. The van der Waals surface area contributed by atoms with Crippen molar-refractivity contribution in [1.29, 1.82) is 0 Å². The molecule has 0 aliphatic heterocycles. The van der Waals surface area contributed by atoms with Crippen LogP contribution in [0.4, 0.5) is 0 Å². The van der Waals surface area contributed by atoms with Gasteiger partial charge in [-0.05, 0) is 46.1 Å². The van der Waals surface area contributed by atoms with Crippen LogP contribution in [0.1, 0.15) is 24.2 Å². The van der Waals surface area contributed by atoms with Crippen LogP contribution in [0.2, 0.25) is 0 Å². The first-order valence-electron chi connectivity index (χ1n) is 7.58. The highest BCUT2D eigenvalue weighted by Crippen LogP contribution is 2.36. The molecule has 4 nitrogen and oxygen atoms in total. The SMILES string of the molecule is CCOc1c(Br)cc(CNC[C@H](O)c2ccccc2)cc1OC. The van der Waals surface area contributed by atoms with Crippen LogP contribution in [0.3, 0.4) is 0 Å². The Bertz CT molecular complexity index is 619. The maximum atomic E-state index is 10.2. The monoisotopic (exact) mass is 379 g/mol. The van der Waals surface area contributed by atoms with E-state index in [0.717, 1.165) is 15.6 Å². The van der Waals surface area contributed by atoms with Crippen molar-refractivity contribution in [3.05, 3.63) is 58.1 Å². The molecule has 2 aromatic carbocycles. The summed E-state index contributed by atoms with van der Waals surface area (Å²) in [5.41, 5.74) is 1.96. The molecule has 0 aliphatic carbocycles. The van der Waals surface area contributed by atoms with Gasteiger partial charge in [0.1, 0.15) is 0 Å². The molecule has 124 valence electrons. The van der Waals surface area contributed by atoms with E-state index in [-0.39, 0.29) is 0 Å². The molecule has 2 aromatic rings. The highest BCUT2D eigenvalue weighted by Gasteiger charge is 2.12. The molecule has 0 unspecified atom stereocenters. The second-order valence-electron chi connectivity index (χ2n) is 5.10. The zero-order valence-electron chi connectivity index (χ0n) is 13.4. The molecule has 0 heterocycles. The van der Waals surface area contributed by atoms with E-state index in [1.807, 2.05) is 49.4 Å². The Kier molecular flexibility index (Phi) is 6.89. The largest absolute Gasteiger partial charge is 0.493 e. The number of ether oxygens (including phenoxy) is 2. The highest BCUT2D eigenvalue weighted by molar-refractivity contribution is 9.10. The molecular formula is C18H22BrNO3. The molecule has 2 rings (SSSR count). The summed E-state index contributed by atoms with van der Waals surface area (Å²) in [5, 5.41) is 13.4. The number of hydrogen-bond donors (Lipinski definition) is 2. The topological polar surface area (TPSA) is 50.7 Å². The lowest BCUT2D eigenvalue weighted by molar-refractivity contribution is 0.174. The molecule has 0 aliphatic rings. The fraction of sp³-hybridized carbons (Fsp3) is 0.333. The van der Waals surface area contributed by atoms with Crippen LogP contribution >= 0.6 is 15.9 Å². The standard InChI is InChI=1S/C18H22BrNO3/c1-3-23-18-15(19)9-13(10-17(18)22-2)11-20-12-16(21)14-7-5-4-6-8-14/h4-10,16,20-21H,3,11-12H2,1-2H3/t16-/m0/s1. The van der Waals surface area contributed by atoms with Crippen LogP contribution < -0.4 is 14.8 Å². The van der Waals surface area contributed by atoms with Crippen LogP contribution in [0, 0.1) is 0 Å².